The largest absolute Gasteiger partial charge is 0.439 e. The van der Waals surface area contributed by atoms with Gasteiger partial charge in [0.1, 0.15) is 18.2 Å². The molecular formula is C24H28FN3O3. The van der Waals surface area contributed by atoms with Gasteiger partial charge in [0.2, 0.25) is 11.8 Å². The first-order valence-corrected chi connectivity index (χ1v) is 10.3. The molecule has 0 aliphatic heterocycles. The van der Waals surface area contributed by atoms with E-state index in [2.05, 4.69) is 0 Å². The zero-order valence-corrected chi connectivity index (χ0v) is 18.3. The van der Waals surface area contributed by atoms with E-state index >= 15 is 0 Å². The molecule has 7 heteroatoms. The lowest BCUT2D eigenvalue weighted by atomic mass is 10.1. The number of aromatic nitrogens is 2. The van der Waals surface area contributed by atoms with Gasteiger partial charge in [0.05, 0.1) is 23.5 Å². The Morgan fingerprint density at radius 2 is 1.81 bits per heavy atom. The summed E-state index contributed by atoms with van der Waals surface area (Å²) >= 11 is 0. The number of ether oxygens (including phenoxy) is 2. The second-order valence-corrected chi connectivity index (χ2v) is 7.44. The van der Waals surface area contributed by atoms with Crippen LogP contribution >= 0.6 is 0 Å². The van der Waals surface area contributed by atoms with E-state index in [1.807, 2.05) is 51.1 Å². The minimum atomic E-state index is -0.325. The minimum absolute atomic E-state index is 0.000608. The number of carbonyl (C=O) groups is 1. The van der Waals surface area contributed by atoms with E-state index in [0.717, 1.165) is 11.3 Å². The van der Waals surface area contributed by atoms with Gasteiger partial charge >= 0.3 is 0 Å². The molecule has 0 atom stereocenters. The zero-order valence-electron chi connectivity index (χ0n) is 18.3. The van der Waals surface area contributed by atoms with E-state index in [4.69, 9.17) is 14.6 Å². The SMILES string of the molecule is CCc1nn(-c2ccc(F)cc2)c(Oc2ccccc2)c1CN(C(=O)COC)C(C)C. The third-order valence-electron chi connectivity index (χ3n) is 4.92. The molecule has 6 nitrogen and oxygen atoms in total. The summed E-state index contributed by atoms with van der Waals surface area (Å²) in [6, 6.07) is 15.4. The van der Waals surface area contributed by atoms with E-state index < -0.39 is 0 Å². The van der Waals surface area contributed by atoms with E-state index in [1.165, 1.54) is 19.2 Å². The molecule has 1 aromatic heterocycles. The summed E-state index contributed by atoms with van der Waals surface area (Å²) in [7, 11) is 1.50. The Hall–Kier alpha value is -3.19. The van der Waals surface area contributed by atoms with Gasteiger partial charge in [-0.05, 0) is 56.7 Å². The summed E-state index contributed by atoms with van der Waals surface area (Å²) in [6.45, 7) is 6.25. The Bertz CT molecular complexity index is 1000. The molecule has 3 rings (SSSR count). The lowest BCUT2D eigenvalue weighted by Crippen LogP contribution is -2.38. The topological polar surface area (TPSA) is 56.6 Å². The van der Waals surface area contributed by atoms with E-state index in [-0.39, 0.29) is 24.4 Å². The van der Waals surface area contributed by atoms with Crippen LogP contribution < -0.4 is 4.74 Å². The van der Waals surface area contributed by atoms with Gasteiger partial charge < -0.3 is 14.4 Å². The zero-order chi connectivity index (χ0) is 22.4. The Morgan fingerprint density at radius 1 is 1.13 bits per heavy atom. The van der Waals surface area contributed by atoms with Gasteiger partial charge in [0, 0.05) is 13.2 Å². The van der Waals surface area contributed by atoms with Crippen molar-refractivity contribution in [1.29, 1.82) is 0 Å². The standard InChI is InChI=1S/C24H28FN3O3/c1-5-22-21(15-27(17(2)3)23(29)16-30-4)24(31-20-9-7-6-8-10-20)28(26-22)19-13-11-18(25)12-14-19/h6-14,17H,5,15-16H2,1-4H3. The highest BCUT2D eigenvalue weighted by molar-refractivity contribution is 5.77. The summed E-state index contributed by atoms with van der Waals surface area (Å²) in [5.41, 5.74) is 2.30. The monoisotopic (exact) mass is 425 g/mol. The molecule has 0 saturated heterocycles. The molecule has 0 aliphatic carbocycles. The van der Waals surface area contributed by atoms with Crippen LogP contribution in [0.3, 0.4) is 0 Å². The van der Waals surface area contributed by atoms with E-state index in [1.54, 1.807) is 21.7 Å². The lowest BCUT2D eigenvalue weighted by molar-refractivity contribution is -0.137. The number of benzene rings is 2. The van der Waals surface area contributed by atoms with Crippen LogP contribution in [0.2, 0.25) is 0 Å². The maximum atomic E-state index is 13.5. The van der Waals surface area contributed by atoms with E-state index in [9.17, 15) is 9.18 Å². The second-order valence-electron chi connectivity index (χ2n) is 7.44. The third kappa shape index (κ3) is 5.30. The van der Waals surface area contributed by atoms with Crippen molar-refractivity contribution >= 4 is 5.91 Å². The predicted molar refractivity (Wildman–Crippen MR) is 117 cm³/mol. The highest BCUT2D eigenvalue weighted by Gasteiger charge is 2.26. The summed E-state index contributed by atoms with van der Waals surface area (Å²) in [5.74, 6) is 0.716. The number of para-hydroxylation sites is 1. The molecule has 2 aromatic carbocycles. The molecule has 0 saturated carbocycles. The van der Waals surface area contributed by atoms with Crippen molar-refractivity contribution < 1.29 is 18.7 Å². The molecule has 0 aliphatic rings. The fourth-order valence-electron chi connectivity index (χ4n) is 3.32. The highest BCUT2D eigenvalue weighted by Crippen LogP contribution is 2.32. The number of carbonyl (C=O) groups excluding carboxylic acids is 1. The molecule has 1 heterocycles. The average Bonchev–Trinajstić information content (AvgIpc) is 3.10. The number of hydrogen-bond donors (Lipinski definition) is 0. The number of methoxy groups -OCH3 is 1. The summed E-state index contributed by atoms with van der Waals surface area (Å²) in [6.07, 6.45) is 0.652. The van der Waals surface area contributed by atoms with Crippen LogP contribution in [0.4, 0.5) is 4.39 Å². The summed E-state index contributed by atoms with van der Waals surface area (Å²) in [4.78, 5) is 14.4. The van der Waals surface area contributed by atoms with Crippen molar-refractivity contribution in [2.45, 2.75) is 39.8 Å². The van der Waals surface area contributed by atoms with Crippen LogP contribution in [0.1, 0.15) is 32.0 Å². The lowest BCUT2D eigenvalue weighted by Gasteiger charge is -2.27. The highest BCUT2D eigenvalue weighted by atomic mass is 19.1. The fourth-order valence-corrected chi connectivity index (χ4v) is 3.32. The summed E-state index contributed by atoms with van der Waals surface area (Å²) in [5, 5.41) is 4.74. The van der Waals surface area contributed by atoms with Crippen molar-refractivity contribution in [1.82, 2.24) is 14.7 Å². The molecule has 0 radical (unpaired) electrons. The van der Waals surface area contributed by atoms with Gasteiger partial charge in [-0.1, -0.05) is 25.1 Å². The maximum absolute atomic E-state index is 13.5. The van der Waals surface area contributed by atoms with Crippen molar-refractivity contribution in [2.24, 2.45) is 0 Å². The number of rotatable bonds is 9. The van der Waals surface area contributed by atoms with Crippen LogP contribution in [0.25, 0.3) is 5.69 Å². The molecule has 0 bridgehead atoms. The molecule has 31 heavy (non-hydrogen) atoms. The molecule has 0 N–H and O–H groups in total. The molecule has 164 valence electrons. The van der Waals surface area contributed by atoms with Crippen molar-refractivity contribution in [3.05, 3.63) is 71.7 Å². The Morgan fingerprint density at radius 3 is 2.39 bits per heavy atom. The van der Waals surface area contributed by atoms with Gasteiger partial charge in [0.15, 0.2) is 0 Å². The van der Waals surface area contributed by atoms with Crippen LogP contribution in [0, 0.1) is 5.82 Å². The van der Waals surface area contributed by atoms with Crippen LogP contribution in [0.15, 0.2) is 54.6 Å². The molecule has 3 aromatic rings. The van der Waals surface area contributed by atoms with Crippen molar-refractivity contribution in [3.8, 4) is 17.3 Å². The van der Waals surface area contributed by atoms with Crippen LogP contribution in [-0.4, -0.2) is 40.3 Å². The maximum Gasteiger partial charge on any atom is 0.249 e. The van der Waals surface area contributed by atoms with Crippen LogP contribution in [-0.2, 0) is 22.5 Å². The molecular weight excluding hydrogens is 397 g/mol. The first-order chi connectivity index (χ1) is 14.9. The van der Waals surface area contributed by atoms with Gasteiger partial charge in [0.25, 0.3) is 0 Å². The van der Waals surface area contributed by atoms with Crippen molar-refractivity contribution in [3.63, 3.8) is 0 Å². The molecule has 0 spiro atoms. The normalized spacial score (nSPS) is 11.0. The predicted octanol–water partition coefficient (Wildman–Crippen LogP) is 4.75. The first-order valence-electron chi connectivity index (χ1n) is 10.3. The third-order valence-corrected chi connectivity index (χ3v) is 4.92. The van der Waals surface area contributed by atoms with Gasteiger partial charge in [-0.2, -0.15) is 5.10 Å². The van der Waals surface area contributed by atoms with Gasteiger partial charge in [-0.15, -0.1) is 0 Å². The average molecular weight is 426 g/mol. The number of hydrogen-bond acceptors (Lipinski definition) is 4. The molecule has 1 amide bonds. The quantitative estimate of drug-likeness (QED) is 0.496. The Kier molecular flexibility index (Phi) is 7.41. The molecule has 0 fully saturated rings. The van der Waals surface area contributed by atoms with E-state index in [0.29, 0.717) is 30.3 Å². The first kappa shape index (κ1) is 22.5. The Balaban J connectivity index is 2.11. The second kappa shape index (κ2) is 10.2. The number of amides is 1. The Labute approximate surface area is 182 Å². The van der Waals surface area contributed by atoms with Gasteiger partial charge in [-0.3, -0.25) is 4.79 Å². The van der Waals surface area contributed by atoms with Crippen LogP contribution in [0.5, 0.6) is 11.6 Å². The van der Waals surface area contributed by atoms with Crippen molar-refractivity contribution in [2.75, 3.05) is 13.7 Å². The smallest absolute Gasteiger partial charge is 0.249 e. The number of aryl methyl sites for hydroxylation is 1. The summed E-state index contributed by atoms with van der Waals surface area (Å²) < 4.78 is 26.5. The number of nitrogens with zero attached hydrogens (tertiary/aromatic N) is 3. The number of halogens is 1. The minimum Gasteiger partial charge on any atom is -0.439 e. The molecule has 0 unspecified atom stereocenters. The fraction of sp³-hybridized carbons (Fsp3) is 0.333. The van der Waals surface area contributed by atoms with Gasteiger partial charge in [-0.25, -0.2) is 9.07 Å².